The van der Waals surface area contributed by atoms with E-state index in [4.69, 9.17) is 16.3 Å². The lowest BCUT2D eigenvalue weighted by atomic mass is 9.99. The maximum atomic E-state index is 12.4. The van der Waals surface area contributed by atoms with Gasteiger partial charge in [0.2, 0.25) is 0 Å². The summed E-state index contributed by atoms with van der Waals surface area (Å²) in [7, 11) is 0. The molecule has 0 unspecified atom stereocenters. The highest BCUT2D eigenvalue weighted by Gasteiger charge is 2.26. The van der Waals surface area contributed by atoms with Gasteiger partial charge in [0, 0.05) is 30.9 Å². The summed E-state index contributed by atoms with van der Waals surface area (Å²) in [4.78, 5) is 24.6. The molecule has 3 N–H and O–H groups in total. The molecule has 2 rings (SSSR count). The van der Waals surface area contributed by atoms with E-state index in [-0.39, 0.29) is 41.2 Å². The lowest BCUT2D eigenvalue weighted by molar-refractivity contribution is -0.117. The summed E-state index contributed by atoms with van der Waals surface area (Å²) in [6.45, 7) is 1.60. The van der Waals surface area contributed by atoms with Gasteiger partial charge in [0.05, 0.1) is 11.1 Å². The Morgan fingerprint density at radius 1 is 1.20 bits per heavy atom. The smallest absolute Gasteiger partial charge is 0.342 e. The van der Waals surface area contributed by atoms with E-state index in [9.17, 15) is 24.9 Å². The number of aliphatic hydroxyl groups excluding tert-OH is 1. The van der Waals surface area contributed by atoms with Crippen molar-refractivity contribution in [1.82, 2.24) is 0 Å². The predicted molar refractivity (Wildman–Crippen MR) is 91.9 cm³/mol. The molecule has 7 heteroatoms. The van der Waals surface area contributed by atoms with E-state index < -0.39 is 29.7 Å². The van der Waals surface area contributed by atoms with Crippen LogP contribution in [0.4, 0.5) is 0 Å². The first-order valence-corrected chi connectivity index (χ1v) is 8.14. The van der Waals surface area contributed by atoms with Gasteiger partial charge in [-0.1, -0.05) is 35.9 Å². The number of fused-ring (bicyclic) bond motifs is 1. The molecule has 1 aromatic carbocycles. The van der Waals surface area contributed by atoms with Gasteiger partial charge in [0.25, 0.3) is 0 Å². The molecule has 0 radical (unpaired) electrons. The summed E-state index contributed by atoms with van der Waals surface area (Å²) in [5, 5.41) is 29.5. The number of Topliss-reactive ketones (excluding diaryl/α,β-unsaturated/α-hetero) is 1. The summed E-state index contributed by atoms with van der Waals surface area (Å²) >= 11 is 6.03. The third-order valence-corrected chi connectivity index (χ3v) is 4.13. The lowest BCUT2D eigenvalue weighted by Crippen LogP contribution is -2.21. The molecule has 6 nitrogen and oxygen atoms in total. The van der Waals surface area contributed by atoms with Gasteiger partial charge in [-0.15, -0.1) is 0 Å². The molecule has 1 heterocycles. The number of phenols is 2. The van der Waals surface area contributed by atoms with Crippen molar-refractivity contribution in [3.05, 3.63) is 46.5 Å². The number of carbonyl (C=O) groups excluding carboxylic acids is 2. The summed E-state index contributed by atoms with van der Waals surface area (Å²) in [5.74, 6) is -2.10. The minimum absolute atomic E-state index is 0.0166. The molecule has 1 aliphatic rings. The van der Waals surface area contributed by atoms with E-state index in [0.29, 0.717) is 0 Å². The molecule has 2 atom stereocenters. The van der Waals surface area contributed by atoms with Gasteiger partial charge in [-0.05, 0) is 6.92 Å². The number of hydrogen-bond acceptors (Lipinski definition) is 6. The highest BCUT2D eigenvalue weighted by atomic mass is 35.5. The van der Waals surface area contributed by atoms with Crippen LogP contribution < -0.4 is 0 Å². The number of carbonyl (C=O) groups is 2. The quantitative estimate of drug-likeness (QED) is 0.610. The number of phenolic OH excluding ortho intramolecular Hbond substituents is 2. The molecule has 134 valence electrons. The van der Waals surface area contributed by atoms with Crippen LogP contribution in [-0.4, -0.2) is 39.3 Å². The Balaban J connectivity index is 2.49. The number of cyclic esters (lactones) is 1. The van der Waals surface area contributed by atoms with Crippen LogP contribution >= 0.6 is 11.6 Å². The van der Waals surface area contributed by atoms with Crippen molar-refractivity contribution in [3.63, 3.8) is 0 Å². The van der Waals surface area contributed by atoms with Gasteiger partial charge in [0.1, 0.15) is 28.9 Å². The van der Waals surface area contributed by atoms with E-state index in [1.165, 1.54) is 6.08 Å². The van der Waals surface area contributed by atoms with Crippen LogP contribution in [0.25, 0.3) is 0 Å². The highest BCUT2D eigenvalue weighted by Crippen LogP contribution is 2.37. The largest absolute Gasteiger partial charge is 0.507 e. The molecule has 1 aromatic rings. The number of halogens is 1. The third kappa shape index (κ3) is 4.84. The number of benzene rings is 1. The molecular weight excluding hydrogens is 348 g/mol. The Hall–Kier alpha value is -2.31. The average Bonchev–Trinajstić information content (AvgIpc) is 2.50. The van der Waals surface area contributed by atoms with Crippen LogP contribution in [0.3, 0.4) is 0 Å². The molecule has 0 saturated carbocycles. The van der Waals surface area contributed by atoms with Gasteiger partial charge in [-0.3, -0.25) is 4.79 Å². The van der Waals surface area contributed by atoms with Crippen molar-refractivity contribution >= 4 is 23.4 Å². The van der Waals surface area contributed by atoms with Crippen LogP contribution in [0.5, 0.6) is 11.5 Å². The van der Waals surface area contributed by atoms with Gasteiger partial charge in [-0.25, -0.2) is 4.79 Å². The fourth-order valence-electron chi connectivity index (χ4n) is 2.53. The minimum Gasteiger partial charge on any atom is -0.507 e. The van der Waals surface area contributed by atoms with Crippen molar-refractivity contribution in [1.29, 1.82) is 0 Å². The number of rotatable bonds is 0. The lowest BCUT2D eigenvalue weighted by Gasteiger charge is -2.18. The molecule has 0 aliphatic carbocycles. The van der Waals surface area contributed by atoms with E-state index in [2.05, 4.69) is 0 Å². The minimum atomic E-state index is -0.876. The maximum absolute atomic E-state index is 12.4. The van der Waals surface area contributed by atoms with Crippen molar-refractivity contribution in [2.24, 2.45) is 0 Å². The highest BCUT2D eigenvalue weighted by molar-refractivity contribution is 6.33. The van der Waals surface area contributed by atoms with E-state index in [0.717, 1.165) is 6.07 Å². The van der Waals surface area contributed by atoms with E-state index >= 15 is 0 Å². The Morgan fingerprint density at radius 2 is 1.92 bits per heavy atom. The Labute approximate surface area is 150 Å². The molecule has 0 amide bonds. The SMILES string of the molecule is C[C@@H]1C[C@@H](O)C=CC=CCC(=O)Cc2c(Cl)c(O)cc(O)c2C(=O)O1. The average molecular weight is 367 g/mol. The first-order chi connectivity index (χ1) is 11.8. The Kier molecular flexibility index (Phi) is 6.22. The zero-order chi connectivity index (χ0) is 18.6. The Morgan fingerprint density at radius 3 is 2.64 bits per heavy atom. The molecule has 0 spiro atoms. The van der Waals surface area contributed by atoms with Crippen molar-refractivity contribution in [2.75, 3.05) is 0 Å². The summed E-state index contributed by atoms with van der Waals surface area (Å²) < 4.78 is 5.24. The number of ketones is 1. The van der Waals surface area contributed by atoms with Gasteiger partial charge in [-0.2, -0.15) is 0 Å². The standard InChI is InChI=1S/C18H19ClO6/c1-10-7-11(20)5-3-2-4-6-12(21)8-13-16(18(24)25-10)14(22)9-15(23)17(13)19/h2-5,9-11,20,22-23H,6-8H2,1H3/t10-,11+/m1/s1. The van der Waals surface area contributed by atoms with Gasteiger partial charge < -0.3 is 20.1 Å². The molecular formula is C18H19ClO6. The molecule has 1 aliphatic heterocycles. The molecule has 0 aromatic heterocycles. The zero-order valence-corrected chi connectivity index (χ0v) is 14.4. The second-order valence-electron chi connectivity index (χ2n) is 5.83. The van der Waals surface area contributed by atoms with E-state index in [1.807, 2.05) is 0 Å². The van der Waals surface area contributed by atoms with Gasteiger partial charge in [0.15, 0.2) is 0 Å². The van der Waals surface area contributed by atoms with Crippen LogP contribution in [-0.2, 0) is 16.0 Å². The monoisotopic (exact) mass is 366 g/mol. The number of aromatic hydroxyl groups is 2. The molecule has 25 heavy (non-hydrogen) atoms. The fourth-order valence-corrected chi connectivity index (χ4v) is 2.74. The van der Waals surface area contributed by atoms with Crippen molar-refractivity contribution in [2.45, 2.75) is 38.4 Å². The zero-order valence-electron chi connectivity index (χ0n) is 13.6. The van der Waals surface area contributed by atoms with Crippen molar-refractivity contribution in [3.8, 4) is 11.5 Å². The summed E-state index contributed by atoms with van der Waals surface area (Å²) in [6, 6.07) is 0.929. The molecule has 0 saturated heterocycles. The van der Waals surface area contributed by atoms with Crippen LogP contribution in [0.15, 0.2) is 30.4 Å². The van der Waals surface area contributed by atoms with Crippen LogP contribution in [0.2, 0.25) is 5.02 Å². The van der Waals surface area contributed by atoms with Crippen LogP contribution in [0.1, 0.15) is 35.7 Å². The number of ether oxygens (including phenoxy) is 1. The molecule has 0 bridgehead atoms. The second-order valence-corrected chi connectivity index (χ2v) is 6.21. The second kappa shape index (κ2) is 8.18. The normalized spacial score (nSPS) is 22.2. The summed E-state index contributed by atoms with van der Waals surface area (Å²) in [6.07, 6.45) is 4.89. The Bertz CT molecular complexity index is 738. The fraction of sp³-hybridized carbons (Fsp3) is 0.333. The topological polar surface area (TPSA) is 104 Å². The first-order valence-electron chi connectivity index (χ1n) is 7.77. The van der Waals surface area contributed by atoms with Crippen LogP contribution in [0, 0.1) is 0 Å². The number of hydrogen-bond donors (Lipinski definition) is 3. The molecule has 0 fully saturated rings. The van der Waals surface area contributed by atoms with Crippen molar-refractivity contribution < 1.29 is 29.6 Å². The van der Waals surface area contributed by atoms with Gasteiger partial charge >= 0.3 is 5.97 Å². The summed E-state index contributed by atoms with van der Waals surface area (Å²) in [5.41, 5.74) is -0.239. The number of allylic oxidation sites excluding steroid dienone is 3. The predicted octanol–water partition coefficient (Wildman–Crippen LogP) is 2.68. The third-order valence-electron chi connectivity index (χ3n) is 3.71. The number of aliphatic hydroxyl groups is 1. The maximum Gasteiger partial charge on any atom is 0.342 e. The van der Waals surface area contributed by atoms with E-state index in [1.54, 1.807) is 25.2 Å². The first kappa shape index (κ1) is 19.0. The number of esters is 1.